The van der Waals surface area contributed by atoms with Gasteiger partial charge in [0.15, 0.2) is 0 Å². The van der Waals surface area contributed by atoms with Gasteiger partial charge in [0.25, 0.3) is 0 Å². The number of benzene rings is 1. The van der Waals surface area contributed by atoms with Gasteiger partial charge in [0.1, 0.15) is 0 Å². The Labute approximate surface area is 124 Å². The molecule has 2 heterocycles. The van der Waals surface area contributed by atoms with E-state index in [-0.39, 0.29) is 0 Å². The maximum absolute atomic E-state index is 11.0. The minimum Gasteiger partial charge on any atom is -0.478 e. The Morgan fingerprint density at radius 3 is 2.80 bits per heavy atom. The number of nitrogens with zero attached hydrogens (tertiary/aromatic N) is 3. The van der Waals surface area contributed by atoms with Gasteiger partial charge in [-0.1, -0.05) is 6.07 Å². The molecule has 104 valence electrons. The van der Waals surface area contributed by atoms with Gasteiger partial charge >= 0.3 is 5.97 Å². The third kappa shape index (κ3) is 2.36. The van der Waals surface area contributed by atoms with Crippen molar-refractivity contribution in [1.29, 1.82) is 0 Å². The second kappa shape index (κ2) is 5.03. The molecule has 1 aliphatic rings. The van der Waals surface area contributed by atoms with Crippen molar-refractivity contribution in [3.05, 3.63) is 51.3 Å². The van der Waals surface area contributed by atoms with Crippen molar-refractivity contribution >= 4 is 21.9 Å². The Balaban J connectivity index is 1.79. The van der Waals surface area contributed by atoms with Crippen molar-refractivity contribution in [2.75, 3.05) is 0 Å². The highest BCUT2D eigenvalue weighted by molar-refractivity contribution is 9.10. The molecule has 0 amide bonds. The first-order valence-corrected chi connectivity index (χ1v) is 7.07. The number of carbonyl (C=O) groups is 1. The lowest BCUT2D eigenvalue weighted by Gasteiger charge is -2.15. The number of rotatable bonds is 3. The summed E-state index contributed by atoms with van der Waals surface area (Å²) >= 11 is 3.50. The van der Waals surface area contributed by atoms with Gasteiger partial charge in [-0.25, -0.2) is 4.79 Å². The smallest absolute Gasteiger partial charge is 0.335 e. The summed E-state index contributed by atoms with van der Waals surface area (Å²) in [5.74, 6) is -0.874. The van der Waals surface area contributed by atoms with Crippen molar-refractivity contribution in [3.63, 3.8) is 0 Å². The zero-order chi connectivity index (χ0) is 14.3. The average Bonchev–Trinajstić information content (AvgIpc) is 2.95. The van der Waals surface area contributed by atoms with Gasteiger partial charge in [-0.15, -0.1) is 0 Å². The second-order valence-electron chi connectivity index (χ2n) is 5.00. The van der Waals surface area contributed by atoms with E-state index >= 15 is 0 Å². The van der Waals surface area contributed by atoms with Gasteiger partial charge in [0.2, 0.25) is 0 Å². The maximum atomic E-state index is 11.0. The summed E-state index contributed by atoms with van der Waals surface area (Å²) in [6.45, 7) is 2.40. The molecule has 0 fully saturated rings. The van der Waals surface area contributed by atoms with Crippen molar-refractivity contribution in [1.82, 2.24) is 14.7 Å². The SMILES string of the molecule is Cn1ncc(Br)c1CN1Cc2ccc(C(=O)O)cc2C1. The lowest BCUT2D eigenvalue weighted by Crippen LogP contribution is -2.18. The van der Waals surface area contributed by atoms with Crippen molar-refractivity contribution in [2.45, 2.75) is 19.6 Å². The molecule has 1 N–H and O–H groups in total. The van der Waals surface area contributed by atoms with E-state index in [0.29, 0.717) is 5.56 Å². The molecule has 3 rings (SSSR count). The van der Waals surface area contributed by atoms with Gasteiger partial charge in [-0.3, -0.25) is 9.58 Å². The molecule has 0 unspecified atom stereocenters. The first-order valence-electron chi connectivity index (χ1n) is 6.28. The molecule has 0 atom stereocenters. The van der Waals surface area contributed by atoms with E-state index in [2.05, 4.69) is 25.9 Å². The summed E-state index contributed by atoms with van der Waals surface area (Å²) in [4.78, 5) is 13.3. The number of carboxylic acid groups (broad SMARTS) is 1. The predicted molar refractivity (Wildman–Crippen MR) is 77.3 cm³/mol. The summed E-state index contributed by atoms with van der Waals surface area (Å²) in [6.07, 6.45) is 1.79. The first kappa shape index (κ1) is 13.3. The lowest BCUT2D eigenvalue weighted by atomic mass is 10.1. The molecule has 2 aromatic rings. The number of hydrogen-bond acceptors (Lipinski definition) is 3. The third-order valence-electron chi connectivity index (χ3n) is 3.63. The monoisotopic (exact) mass is 335 g/mol. The number of halogens is 1. The molecule has 0 aliphatic carbocycles. The zero-order valence-electron chi connectivity index (χ0n) is 11.0. The Bertz CT molecular complexity index is 662. The maximum Gasteiger partial charge on any atom is 0.335 e. The van der Waals surface area contributed by atoms with Crippen LogP contribution in [0, 0.1) is 0 Å². The molecule has 1 aromatic heterocycles. The fourth-order valence-corrected chi connectivity index (χ4v) is 3.01. The van der Waals surface area contributed by atoms with E-state index in [4.69, 9.17) is 5.11 Å². The van der Waals surface area contributed by atoms with E-state index in [0.717, 1.165) is 35.4 Å². The topological polar surface area (TPSA) is 58.4 Å². The van der Waals surface area contributed by atoms with E-state index in [9.17, 15) is 4.79 Å². The van der Waals surface area contributed by atoms with Gasteiger partial charge in [-0.2, -0.15) is 5.10 Å². The second-order valence-corrected chi connectivity index (χ2v) is 5.85. The quantitative estimate of drug-likeness (QED) is 0.935. The summed E-state index contributed by atoms with van der Waals surface area (Å²) in [7, 11) is 1.92. The van der Waals surface area contributed by atoms with Crippen molar-refractivity contribution < 1.29 is 9.90 Å². The molecule has 1 aliphatic heterocycles. The van der Waals surface area contributed by atoms with Crippen LogP contribution >= 0.6 is 15.9 Å². The van der Waals surface area contributed by atoms with E-state index in [1.54, 1.807) is 18.3 Å². The molecule has 5 nitrogen and oxygen atoms in total. The van der Waals surface area contributed by atoms with Gasteiger partial charge in [0.05, 0.1) is 21.9 Å². The molecule has 20 heavy (non-hydrogen) atoms. The van der Waals surface area contributed by atoms with Crippen LogP contribution in [0.2, 0.25) is 0 Å². The number of aromatic nitrogens is 2. The minimum absolute atomic E-state index is 0.354. The van der Waals surface area contributed by atoms with Crippen LogP contribution in [-0.4, -0.2) is 25.8 Å². The molecule has 0 bridgehead atoms. The number of aryl methyl sites for hydroxylation is 1. The zero-order valence-corrected chi connectivity index (χ0v) is 12.6. The summed E-state index contributed by atoms with van der Waals surface area (Å²) in [6, 6.07) is 5.36. The molecule has 6 heteroatoms. The Kier molecular flexibility index (Phi) is 3.35. The summed E-state index contributed by atoms with van der Waals surface area (Å²) in [5.41, 5.74) is 3.78. The highest BCUT2D eigenvalue weighted by atomic mass is 79.9. The van der Waals surface area contributed by atoms with E-state index in [1.807, 2.05) is 17.8 Å². The van der Waals surface area contributed by atoms with E-state index < -0.39 is 5.97 Å². The highest BCUT2D eigenvalue weighted by Gasteiger charge is 2.22. The van der Waals surface area contributed by atoms with Crippen LogP contribution in [0.4, 0.5) is 0 Å². The van der Waals surface area contributed by atoms with Crippen LogP contribution in [0.3, 0.4) is 0 Å². The molecular formula is C14H14BrN3O2. The Hall–Kier alpha value is -1.66. The molecule has 1 aromatic carbocycles. The Morgan fingerprint density at radius 2 is 2.15 bits per heavy atom. The molecule has 0 saturated carbocycles. The van der Waals surface area contributed by atoms with Crippen LogP contribution in [0.1, 0.15) is 27.2 Å². The number of aromatic carboxylic acids is 1. The predicted octanol–water partition coefficient (Wildman–Crippen LogP) is 2.40. The standard InChI is InChI=1S/C14H14BrN3O2/c1-17-13(12(15)5-16-17)8-18-6-10-3-2-9(14(19)20)4-11(10)7-18/h2-5H,6-8H2,1H3,(H,19,20). The molecule has 0 saturated heterocycles. The number of hydrogen-bond donors (Lipinski definition) is 1. The van der Waals surface area contributed by atoms with Crippen LogP contribution in [0.5, 0.6) is 0 Å². The largest absolute Gasteiger partial charge is 0.478 e. The van der Waals surface area contributed by atoms with Crippen molar-refractivity contribution in [2.24, 2.45) is 7.05 Å². The fourth-order valence-electron chi connectivity index (χ4n) is 2.54. The summed E-state index contributed by atoms with van der Waals surface area (Å²) in [5, 5.41) is 13.2. The first-order chi connectivity index (χ1) is 9.54. The molecular weight excluding hydrogens is 322 g/mol. The van der Waals surface area contributed by atoms with Crippen LogP contribution in [0.15, 0.2) is 28.9 Å². The van der Waals surface area contributed by atoms with Gasteiger partial charge in [0, 0.05) is 26.7 Å². The third-order valence-corrected chi connectivity index (χ3v) is 4.29. The highest BCUT2D eigenvalue weighted by Crippen LogP contribution is 2.27. The average molecular weight is 336 g/mol. The number of fused-ring (bicyclic) bond motifs is 1. The van der Waals surface area contributed by atoms with E-state index in [1.165, 1.54) is 5.56 Å². The van der Waals surface area contributed by atoms with Crippen molar-refractivity contribution in [3.8, 4) is 0 Å². The van der Waals surface area contributed by atoms with Gasteiger partial charge in [-0.05, 0) is 39.2 Å². The van der Waals surface area contributed by atoms with Crippen LogP contribution < -0.4 is 0 Å². The summed E-state index contributed by atoms with van der Waals surface area (Å²) < 4.78 is 2.86. The molecule has 0 radical (unpaired) electrons. The normalized spacial score (nSPS) is 14.5. The Morgan fingerprint density at radius 1 is 1.40 bits per heavy atom. The lowest BCUT2D eigenvalue weighted by molar-refractivity contribution is 0.0696. The van der Waals surface area contributed by atoms with Crippen LogP contribution in [0.25, 0.3) is 0 Å². The van der Waals surface area contributed by atoms with Gasteiger partial charge < -0.3 is 5.11 Å². The fraction of sp³-hybridized carbons (Fsp3) is 0.286. The number of carboxylic acids is 1. The van der Waals surface area contributed by atoms with Crippen LogP contribution in [-0.2, 0) is 26.7 Å². The molecule has 0 spiro atoms. The minimum atomic E-state index is -0.874.